The third kappa shape index (κ3) is 6.24. The number of carbonyl (C=O) groups excluding carboxylic acids is 1. The quantitative estimate of drug-likeness (QED) is 0.260. The molecular formula is C19H17N5O7S2. The Morgan fingerprint density at radius 2 is 1.85 bits per heavy atom. The Morgan fingerprint density at radius 1 is 1.12 bits per heavy atom. The van der Waals surface area contributed by atoms with Crippen molar-refractivity contribution in [2.75, 3.05) is 24.3 Å². The number of thiophene rings is 1. The van der Waals surface area contributed by atoms with Gasteiger partial charge in [0.2, 0.25) is 11.8 Å². The Kier molecular flexibility index (Phi) is 7.20. The van der Waals surface area contributed by atoms with Gasteiger partial charge in [-0.3, -0.25) is 19.6 Å². The predicted molar refractivity (Wildman–Crippen MR) is 121 cm³/mol. The Morgan fingerprint density at radius 3 is 2.45 bits per heavy atom. The number of methoxy groups -OCH3 is 2. The van der Waals surface area contributed by atoms with Gasteiger partial charge in [0.25, 0.3) is 10.0 Å². The van der Waals surface area contributed by atoms with Gasteiger partial charge in [-0.15, -0.1) is 0 Å². The van der Waals surface area contributed by atoms with Crippen molar-refractivity contribution in [3.8, 4) is 11.9 Å². The molecule has 3 aromatic rings. The maximum absolute atomic E-state index is 12.6. The van der Waals surface area contributed by atoms with Gasteiger partial charge in [-0.25, -0.2) is 8.42 Å². The van der Waals surface area contributed by atoms with Crippen molar-refractivity contribution in [1.29, 1.82) is 0 Å². The first kappa shape index (κ1) is 23.6. The summed E-state index contributed by atoms with van der Waals surface area (Å²) in [4.78, 5) is 30.5. The molecule has 0 fully saturated rings. The van der Waals surface area contributed by atoms with E-state index < -0.39 is 20.9 Å². The van der Waals surface area contributed by atoms with Gasteiger partial charge in [-0.2, -0.15) is 9.97 Å². The minimum atomic E-state index is -3.99. The molecule has 0 saturated heterocycles. The largest absolute Gasteiger partial charge is 0.481 e. The van der Waals surface area contributed by atoms with Crippen LogP contribution in [0.2, 0.25) is 0 Å². The lowest BCUT2D eigenvalue weighted by Crippen LogP contribution is -2.15. The maximum Gasteiger partial charge on any atom is 0.324 e. The molecule has 172 valence electrons. The van der Waals surface area contributed by atoms with Gasteiger partial charge >= 0.3 is 11.0 Å². The standard InChI is InChI=1S/C19H17N5O7S2/c1-30-17-11-15(21-19(22-17)31-2)23-33(28,29)14-7-3-12(4-8-14)20-16(25)9-5-13-6-10-18(32-13)24(26)27/h3-11H,1-2H3,(H,20,25)(H,21,22,23)/b9-5+. The number of sulfonamides is 1. The number of amides is 1. The second kappa shape index (κ2) is 10.1. The summed E-state index contributed by atoms with van der Waals surface area (Å²) in [6, 6.07) is 9.54. The highest BCUT2D eigenvalue weighted by atomic mass is 32.2. The summed E-state index contributed by atoms with van der Waals surface area (Å²) < 4.78 is 37.5. The molecule has 3 rings (SSSR count). The molecule has 0 aliphatic carbocycles. The van der Waals surface area contributed by atoms with E-state index in [0.717, 1.165) is 11.3 Å². The average molecular weight is 492 g/mol. The van der Waals surface area contributed by atoms with E-state index in [0.29, 0.717) is 10.6 Å². The van der Waals surface area contributed by atoms with E-state index in [9.17, 15) is 23.3 Å². The molecular weight excluding hydrogens is 474 g/mol. The molecule has 1 aromatic carbocycles. The van der Waals surface area contributed by atoms with Crippen molar-refractivity contribution < 1.29 is 27.6 Å². The number of benzene rings is 1. The molecule has 0 radical (unpaired) electrons. The van der Waals surface area contributed by atoms with Crippen LogP contribution in [-0.2, 0) is 14.8 Å². The Balaban J connectivity index is 1.66. The fourth-order valence-electron chi connectivity index (χ4n) is 2.44. The number of nitro groups is 1. The molecule has 0 aliphatic rings. The van der Waals surface area contributed by atoms with E-state index >= 15 is 0 Å². The van der Waals surface area contributed by atoms with E-state index in [1.807, 2.05) is 0 Å². The van der Waals surface area contributed by atoms with Crippen LogP contribution in [0.4, 0.5) is 16.5 Å². The summed E-state index contributed by atoms with van der Waals surface area (Å²) in [6.45, 7) is 0. The lowest BCUT2D eigenvalue weighted by Gasteiger charge is -2.10. The molecule has 2 aromatic heterocycles. The zero-order valence-electron chi connectivity index (χ0n) is 17.2. The molecule has 0 aliphatic heterocycles. The summed E-state index contributed by atoms with van der Waals surface area (Å²) in [5, 5.41) is 13.2. The van der Waals surface area contributed by atoms with Crippen LogP contribution in [0.15, 0.2) is 53.4 Å². The minimum absolute atomic E-state index is 0.0284. The third-order valence-electron chi connectivity index (χ3n) is 3.94. The van der Waals surface area contributed by atoms with Crippen molar-refractivity contribution in [2.45, 2.75) is 4.90 Å². The van der Waals surface area contributed by atoms with Gasteiger partial charge in [-0.1, -0.05) is 11.3 Å². The Bertz CT molecular complexity index is 1280. The highest BCUT2D eigenvalue weighted by Gasteiger charge is 2.17. The van der Waals surface area contributed by atoms with Crippen LogP contribution in [0.25, 0.3) is 6.08 Å². The van der Waals surface area contributed by atoms with E-state index in [-0.39, 0.29) is 27.6 Å². The van der Waals surface area contributed by atoms with E-state index in [2.05, 4.69) is 20.0 Å². The van der Waals surface area contributed by atoms with Crippen LogP contribution in [-0.4, -0.2) is 43.4 Å². The molecule has 0 unspecified atom stereocenters. The summed E-state index contributed by atoms with van der Waals surface area (Å²) >= 11 is 0.935. The molecule has 2 N–H and O–H groups in total. The Hall–Kier alpha value is -4.04. The molecule has 14 heteroatoms. The summed E-state index contributed by atoms with van der Waals surface area (Å²) in [6.07, 6.45) is 2.66. The lowest BCUT2D eigenvalue weighted by atomic mass is 10.3. The zero-order valence-corrected chi connectivity index (χ0v) is 18.8. The molecule has 12 nitrogen and oxygen atoms in total. The minimum Gasteiger partial charge on any atom is -0.481 e. The summed E-state index contributed by atoms with van der Waals surface area (Å²) in [5.41, 5.74) is 0.353. The lowest BCUT2D eigenvalue weighted by molar-refractivity contribution is -0.380. The van der Waals surface area contributed by atoms with E-state index in [1.165, 1.54) is 68.8 Å². The number of aromatic nitrogens is 2. The van der Waals surface area contributed by atoms with Gasteiger partial charge in [0.1, 0.15) is 0 Å². The number of hydrogen-bond donors (Lipinski definition) is 2. The molecule has 0 saturated carbocycles. The van der Waals surface area contributed by atoms with Crippen molar-refractivity contribution in [3.05, 3.63) is 63.5 Å². The number of nitrogens with one attached hydrogen (secondary N) is 2. The van der Waals surface area contributed by atoms with Gasteiger partial charge < -0.3 is 14.8 Å². The van der Waals surface area contributed by atoms with Crippen LogP contribution < -0.4 is 19.5 Å². The van der Waals surface area contributed by atoms with E-state index in [4.69, 9.17) is 9.47 Å². The number of carbonyl (C=O) groups is 1. The third-order valence-corrected chi connectivity index (χ3v) is 6.31. The number of hydrogen-bond acceptors (Lipinski definition) is 10. The smallest absolute Gasteiger partial charge is 0.324 e. The van der Waals surface area contributed by atoms with Crippen LogP contribution in [0.5, 0.6) is 11.9 Å². The fourth-order valence-corrected chi connectivity index (χ4v) is 4.15. The second-order valence-electron chi connectivity index (χ2n) is 6.17. The number of anilines is 2. The number of rotatable bonds is 9. The van der Waals surface area contributed by atoms with Crippen molar-refractivity contribution in [2.24, 2.45) is 0 Å². The highest BCUT2D eigenvalue weighted by Crippen LogP contribution is 2.25. The van der Waals surface area contributed by atoms with Gasteiger partial charge in [-0.05, 0) is 36.4 Å². The number of ether oxygens (including phenoxy) is 2. The SMILES string of the molecule is COc1cc(NS(=O)(=O)c2ccc(NC(=O)/C=C/c3ccc([N+](=O)[O-])s3)cc2)nc(OC)n1. The van der Waals surface area contributed by atoms with Crippen LogP contribution >= 0.6 is 11.3 Å². The molecule has 1 amide bonds. The normalized spacial score (nSPS) is 11.2. The van der Waals surface area contributed by atoms with Crippen LogP contribution in [0.1, 0.15) is 4.88 Å². The zero-order chi connectivity index (χ0) is 24.0. The van der Waals surface area contributed by atoms with Gasteiger partial charge in [0, 0.05) is 28.8 Å². The molecule has 0 bridgehead atoms. The monoisotopic (exact) mass is 491 g/mol. The van der Waals surface area contributed by atoms with Gasteiger partial charge in [0.15, 0.2) is 5.82 Å². The van der Waals surface area contributed by atoms with Crippen molar-refractivity contribution in [3.63, 3.8) is 0 Å². The van der Waals surface area contributed by atoms with E-state index in [1.54, 1.807) is 0 Å². The first-order chi connectivity index (χ1) is 15.7. The van der Waals surface area contributed by atoms with Crippen molar-refractivity contribution in [1.82, 2.24) is 9.97 Å². The molecule has 0 atom stereocenters. The molecule has 2 heterocycles. The summed E-state index contributed by atoms with van der Waals surface area (Å²) in [7, 11) is -1.29. The molecule has 33 heavy (non-hydrogen) atoms. The fraction of sp³-hybridized carbons (Fsp3) is 0.105. The predicted octanol–water partition coefficient (Wildman–Crippen LogP) is 2.92. The first-order valence-corrected chi connectivity index (χ1v) is 11.3. The summed E-state index contributed by atoms with van der Waals surface area (Å²) in [5.74, 6) is -0.419. The van der Waals surface area contributed by atoms with Crippen molar-refractivity contribution >= 4 is 49.8 Å². The topological polar surface area (TPSA) is 163 Å². The average Bonchev–Trinajstić information content (AvgIpc) is 3.27. The van der Waals surface area contributed by atoms with Crippen LogP contribution in [0, 0.1) is 10.1 Å². The number of nitrogens with zero attached hydrogens (tertiary/aromatic N) is 3. The molecule has 0 spiro atoms. The van der Waals surface area contributed by atoms with Crippen LogP contribution in [0.3, 0.4) is 0 Å². The maximum atomic E-state index is 12.6. The second-order valence-corrected chi connectivity index (χ2v) is 8.94. The van der Waals surface area contributed by atoms with Gasteiger partial charge in [0.05, 0.1) is 24.0 Å². The highest BCUT2D eigenvalue weighted by molar-refractivity contribution is 7.92. The Labute approximate surface area is 192 Å². The first-order valence-electron chi connectivity index (χ1n) is 9.03.